The summed E-state index contributed by atoms with van der Waals surface area (Å²) < 4.78 is 7.76. The lowest BCUT2D eigenvalue weighted by Gasteiger charge is -2.23. The Bertz CT molecular complexity index is 562. The van der Waals surface area contributed by atoms with Crippen LogP contribution in [0, 0.1) is 0 Å². The number of benzene rings is 1. The molecule has 1 aromatic carbocycles. The van der Waals surface area contributed by atoms with Crippen LogP contribution in [-0.4, -0.2) is 16.2 Å². The molecular weight excluding hydrogens is 226 g/mol. The molecule has 1 atom stereocenters. The predicted molar refractivity (Wildman–Crippen MR) is 69.5 cm³/mol. The number of aromatic nitrogens is 2. The van der Waals surface area contributed by atoms with E-state index >= 15 is 0 Å². The Morgan fingerprint density at radius 2 is 2.33 bits per heavy atom. The Kier molecular flexibility index (Phi) is 2.80. The highest BCUT2D eigenvalue weighted by Crippen LogP contribution is 2.34. The fourth-order valence-electron chi connectivity index (χ4n) is 2.49. The topological polar surface area (TPSA) is 53.1 Å². The molecule has 3 rings (SSSR count). The van der Waals surface area contributed by atoms with Gasteiger partial charge in [0.15, 0.2) is 0 Å². The highest BCUT2D eigenvalue weighted by molar-refractivity contribution is 5.46. The molecule has 2 heterocycles. The van der Waals surface area contributed by atoms with Gasteiger partial charge >= 0.3 is 0 Å². The van der Waals surface area contributed by atoms with Crippen LogP contribution in [0.4, 0.5) is 0 Å². The molecule has 18 heavy (non-hydrogen) atoms. The predicted octanol–water partition coefficient (Wildman–Crippen LogP) is 1.79. The molecule has 4 nitrogen and oxygen atoms in total. The third-order valence-electron chi connectivity index (χ3n) is 3.47. The maximum absolute atomic E-state index is 6.34. The standard InChI is InChI=1S/C14H17N3O/c1-17-9-16-8-12(17)13(15)11-6-2-4-10-5-3-7-18-14(10)11/h2,4,6,8-9,13H,3,5,7,15H2,1H3. The van der Waals surface area contributed by atoms with Gasteiger partial charge in [-0.1, -0.05) is 18.2 Å². The van der Waals surface area contributed by atoms with E-state index < -0.39 is 0 Å². The van der Waals surface area contributed by atoms with Crippen LogP contribution in [0.25, 0.3) is 0 Å². The monoisotopic (exact) mass is 243 g/mol. The van der Waals surface area contributed by atoms with Crippen molar-refractivity contribution in [3.63, 3.8) is 0 Å². The van der Waals surface area contributed by atoms with Crippen LogP contribution < -0.4 is 10.5 Å². The zero-order valence-electron chi connectivity index (χ0n) is 10.5. The number of nitrogens with two attached hydrogens (primary N) is 1. The van der Waals surface area contributed by atoms with Crippen LogP contribution >= 0.6 is 0 Å². The highest BCUT2D eigenvalue weighted by atomic mass is 16.5. The van der Waals surface area contributed by atoms with Crippen molar-refractivity contribution in [2.45, 2.75) is 18.9 Å². The quantitative estimate of drug-likeness (QED) is 0.875. The summed E-state index contributed by atoms with van der Waals surface area (Å²) in [5.41, 5.74) is 9.65. The maximum atomic E-state index is 6.34. The number of rotatable bonds is 2. The fourth-order valence-corrected chi connectivity index (χ4v) is 2.49. The summed E-state index contributed by atoms with van der Waals surface area (Å²) >= 11 is 0. The van der Waals surface area contributed by atoms with Crippen molar-refractivity contribution in [1.82, 2.24) is 9.55 Å². The summed E-state index contributed by atoms with van der Waals surface area (Å²) in [5, 5.41) is 0. The Balaban J connectivity index is 2.04. The van der Waals surface area contributed by atoms with Crippen molar-refractivity contribution < 1.29 is 4.74 Å². The maximum Gasteiger partial charge on any atom is 0.127 e. The second-order valence-corrected chi connectivity index (χ2v) is 4.69. The van der Waals surface area contributed by atoms with Crippen molar-refractivity contribution in [3.8, 4) is 5.75 Å². The molecule has 1 unspecified atom stereocenters. The summed E-state index contributed by atoms with van der Waals surface area (Å²) in [6, 6.07) is 6.03. The van der Waals surface area contributed by atoms with Crippen molar-refractivity contribution in [2.75, 3.05) is 6.61 Å². The SMILES string of the molecule is Cn1cncc1C(N)c1cccc2c1OCCC2. The molecule has 1 aliphatic rings. The van der Waals surface area contributed by atoms with Gasteiger partial charge in [-0.05, 0) is 18.4 Å². The molecule has 0 bridgehead atoms. The normalized spacial score (nSPS) is 15.9. The third kappa shape index (κ3) is 1.78. The molecule has 2 aromatic rings. The van der Waals surface area contributed by atoms with Crippen LogP contribution in [-0.2, 0) is 13.5 Å². The summed E-state index contributed by atoms with van der Waals surface area (Å²) in [6.07, 6.45) is 5.73. The Labute approximate surface area is 106 Å². The van der Waals surface area contributed by atoms with Gasteiger partial charge in [0, 0.05) is 12.6 Å². The number of hydrogen-bond acceptors (Lipinski definition) is 3. The van der Waals surface area contributed by atoms with Gasteiger partial charge in [-0.2, -0.15) is 0 Å². The van der Waals surface area contributed by atoms with Crippen molar-refractivity contribution in [3.05, 3.63) is 47.5 Å². The number of imidazole rings is 1. The van der Waals surface area contributed by atoms with E-state index in [4.69, 9.17) is 10.5 Å². The molecule has 1 aliphatic heterocycles. The van der Waals surface area contributed by atoms with Gasteiger partial charge in [-0.25, -0.2) is 4.98 Å². The smallest absolute Gasteiger partial charge is 0.127 e. The summed E-state index contributed by atoms with van der Waals surface area (Å²) in [5.74, 6) is 0.970. The summed E-state index contributed by atoms with van der Waals surface area (Å²) in [4.78, 5) is 4.12. The molecule has 4 heteroatoms. The number of para-hydroxylation sites is 1. The zero-order valence-corrected chi connectivity index (χ0v) is 10.5. The number of fused-ring (bicyclic) bond motifs is 1. The van der Waals surface area contributed by atoms with Crippen LogP contribution in [0.2, 0.25) is 0 Å². The minimum absolute atomic E-state index is 0.189. The number of ether oxygens (including phenoxy) is 1. The lowest BCUT2D eigenvalue weighted by Crippen LogP contribution is -2.19. The first-order valence-electron chi connectivity index (χ1n) is 6.24. The van der Waals surface area contributed by atoms with Gasteiger partial charge in [-0.15, -0.1) is 0 Å². The van der Waals surface area contributed by atoms with Gasteiger partial charge in [-0.3, -0.25) is 0 Å². The Morgan fingerprint density at radius 3 is 3.11 bits per heavy atom. The van der Waals surface area contributed by atoms with Gasteiger partial charge in [0.05, 0.1) is 30.9 Å². The molecule has 0 amide bonds. The van der Waals surface area contributed by atoms with E-state index in [9.17, 15) is 0 Å². The molecular formula is C14H17N3O. The lowest BCUT2D eigenvalue weighted by molar-refractivity contribution is 0.284. The first-order valence-corrected chi connectivity index (χ1v) is 6.24. The molecule has 0 fully saturated rings. The van der Waals surface area contributed by atoms with E-state index in [-0.39, 0.29) is 6.04 Å². The lowest BCUT2D eigenvalue weighted by atomic mass is 9.97. The average molecular weight is 243 g/mol. The van der Waals surface area contributed by atoms with Crippen molar-refractivity contribution >= 4 is 0 Å². The molecule has 0 saturated carbocycles. The first kappa shape index (κ1) is 11.3. The van der Waals surface area contributed by atoms with E-state index in [2.05, 4.69) is 17.1 Å². The molecule has 0 radical (unpaired) electrons. The second kappa shape index (κ2) is 4.46. The summed E-state index contributed by atoms with van der Waals surface area (Å²) in [6.45, 7) is 0.780. The van der Waals surface area contributed by atoms with Gasteiger partial charge < -0.3 is 15.0 Å². The number of nitrogens with zero attached hydrogens (tertiary/aromatic N) is 2. The summed E-state index contributed by atoms with van der Waals surface area (Å²) in [7, 11) is 1.96. The van der Waals surface area contributed by atoms with E-state index in [1.165, 1.54) is 5.56 Å². The molecule has 2 N–H and O–H groups in total. The average Bonchev–Trinajstić information content (AvgIpc) is 2.83. The van der Waals surface area contributed by atoms with E-state index in [0.29, 0.717) is 0 Å². The molecule has 0 aliphatic carbocycles. The van der Waals surface area contributed by atoms with Gasteiger partial charge in [0.25, 0.3) is 0 Å². The second-order valence-electron chi connectivity index (χ2n) is 4.69. The van der Waals surface area contributed by atoms with Crippen molar-refractivity contribution in [2.24, 2.45) is 12.8 Å². The molecule has 0 spiro atoms. The van der Waals surface area contributed by atoms with E-state index in [0.717, 1.165) is 36.5 Å². The fraction of sp³-hybridized carbons (Fsp3) is 0.357. The molecule has 0 saturated heterocycles. The minimum Gasteiger partial charge on any atom is -0.493 e. The minimum atomic E-state index is -0.189. The van der Waals surface area contributed by atoms with Crippen LogP contribution in [0.15, 0.2) is 30.7 Å². The molecule has 94 valence electrons. The molecule has 1 aromatic heterocycles. The number of aryl methyl sites for hydroxylation is 2. The zero-order chi connectivity index (χ0) is 12.5. The van der Waals surface area contributed by atoms with Crippen LogP contribution in [0.1, 0.15) is 29.3 Å². The highest BCUT2D eigenvalue weighted by Gasteiger charge is 2.21. The largest absolute Gasteiger partial charge is 0.493 e. The third-order valence-corrected chi connectivity index (χ3v) is 3.47. The number of hydrogen-bond donors (Lipinski definition) is 1. The Hall–Kier alpha value is -1.81. The van der Waals surface area contributed by atoms with Gasteiger partial charge in [0.1, 0.15) is 5.75 Å². The van der Waals surface area contributed by atoms with Crippen molar-refractivity contribution in [1.29, 1.82) is 0 Å². The van der Waals surface area contributed by atoms with Crippen LogP contribution in [0.5, 0.6) is 5.75 Å². The van der Waals surface area contributed by atoms with Crippen LogP contribution in [0.3, 0.4) is 0 Å². The van der Waals surface area contributed by atoms with E-state index in [1.54, 1.807) is 6.33 Å². The van der Waals surface area contributed by atoms with E-state index in [1.807, 2.05) is 23.9 Å². The Morgan fingerprint density at radius 1 is 1.44 bits per heavy atom. The van der Waals surface area contributed by atoms with Gasteiger partial charge in [0.2, 0.25) is 0 Å². The first-order chi connectivity index (χ1) is 8.77.